The molecule has 100 valence electrons. The van der Waals surface area contributed by atoms with Gasteiger partial charge in [-0.3, -0.25) is 4.79 Å². The Morgan fingerprint density at radius 3 is 2.83 bits per heavy atom. The van der Waals surface area contributed by atoms with Gasteiger partial charge in [0, 0.05) is 4.47 Å². The van der Waals surface area contributed by atoms with Gasteiger partial charge in [0.1, 0.15) is 5.75 Å². The summed E-state index contributed by atoms with van der Waals surface area (Å²) < 4.78 is 6.39. The summed E-state index contributed by atoms with van der Waals surface area (Å²) in [6, 6.07) is 7.45. The highest BCUT2D eigenvalue weighted by molar-refractivity contribution is 9.10. The van der Waals surface area contributed by atoms with Crippen LogP contribution in [0.4, 0.5) is 0 Å². The number of halogens is 1. The van der Waals surface area contributed by atoms with Crippen molar-refractivity contribution < 1.29 is 14.6 Å². The number of nitrogens with one attached hydrogen (secondary N) is 1. The molecule has 0 aliphatic rings. The zero-order valence-corrected chi connectivity index (χ0v) is 12.2. The SMILES string of the molecule is CC(C)(CO)NC(=O)CCOc1cccc(Br)c1. The van der Waals surface area contributed by atoms with Gasteiger partial charge >= 0.3 is 0 Å². The van der Waals surface area contributed by atoms with E-state index in [0.29, 0.717) is 6.61 Å². The quantitative estimate of drug-likeness (QED) is 0.845. The van der Waals surface area contributed by atoms with Gasteiger partial charge in [-0.05, 0) is 32.0 Å². The highest BCUT2D eigenvalue weighted by Gasteiger charge is 2.18. The van der Waals surface area contributed by atoms with Crippen LogP contribution in [-0.2, 0) is 4.79 Å². The average Bonchev–Trinajstić information content (AvgIpc) is 2.28. The number of amides is 1. The van der Waals surface area contributed by atoms with E-state index in [0.717, 1.165) is 10.2 Å². The second-order valence-corrected chi connectivity index (χ2v) is 5.56. The maximum atomic E-state index is 11.6. The largest absolute Gasteiger partial charge is 0.493 e. The number of rotatable bonds is 6. The van der Waals surface area contributed by atoms with Gasteiger partial charge in [0.2, 0.25) is 5.91 Å². The number of aliphatic hydroxyl groups excluding tert-OH is 1. The van der Waals surface area contributed by atoms with E-state index >= 15 is 0 Å². The molecular weight excluding hydrogens is 298 g/mol. The molecule has 0 atom stereocenters. The molecule has 18 heavy (non-hydrogen) atoms. The molecule has 2 N–H and O–H groups in total. The van der Waals surface area contributed by atoms with Crippen LogP contribution in [-0.4, -0.2) is 29.8 Å². The van der Waals surface area contributed by atoms with Crippen molar-refractivity contribution in [3.63, 3.8) is 0 Å². The van der Waals surface area contributed by atoms with E-state index < -0.39 is 5.54 Å². The Bertz CT molecular complexity index is 407. The molecular formula is C13H18BrNO3. The molecule has 0 bridgehead atoms. The molecule has 1 rings (SSSR count). The number of aliphatic hydroxyl groups is 1. The number of hydrogen-bond donors (Lipinski definition) is 2. The summed E-state index contributed by atoms with van der Waals surface area (Å²) in [5.74, 6) is 0.586. The van der Waals surface area contributed by atoms with Crippen LogP contribution < -0.4 is 10.1 Å². The summed E-state index contributed by atoms with van der Waals surface area (Å²) in [6.45, 7) is 3.75. The monoisotopic (exact) mass is 315 g/mol. The van der Waals surface area contributed by atoms with Crippen LogP contribution in [0.5, 0.6) is 5.75 Å². The third-order valence-electron chi connectivity index (χ3n) is 2.27. The molecule has 0 aliphatic carbocycles. The normalized spacial score (nSPS) is 11.1. The standard InChI is InChI=1S/C13H18BrNO3/c1-13(2,9-16)15-12(17)6-7-18-11-5-3-4-10(14)8-11/h3-5,8,16H,6-7,9H2,1-2H3,(H,15,17). The van der Waals surface area contributed by atoms with Gasteiger partial charge in [-0.15, -0.1) is 0 Å². The smallest absolute Gasteiger partial charge is 0.223 e. The average molecular weight is 316 g/mol. The van der Waals surface area contributed by atoms with Crippen molar-refractivity contribution in [3.05, 3.63) is 28.7 Å². The lowest BCUT2D eigenvalue weighted by molar-refractivity contribution is -0.123. The van der Waals surface area contributed by atoms with E-state index in [1.54, 1.807) is 13.8 Å². The number of hydrogen-bond acceptors (Lipinski definition) is 3. The number of carbonyl (C=O) groups excluding carboxylic acids is 1. The first-order valence-electron chi connectivity index (χ1n) is 5.73. The Hall–Kier alpha value is -1.07. The zero-order valence-electron chi connectivity index (χ0n) is 10.6. The maximum absolute atomic E-state index is 11.6. The van der Waals surface area contributed by atoms with E-state index in [2.05, 4.69) is 21.2 Å². The van der Waals surface area contributed by atoms with Gasteiger partial charge in [-0.2, -0.15) is 0 Å². The van der Waals surface area contributed by atoms with Crippen molar-refractivity contribution in [2.75, 3.05) is 13.2 Å². The van der Waals surface area contributed by atoms with Crippen molar-refractivity contribution in [2.24, 2.45) is 0 Å². The van der Waals surface area contributed by atoms with Crippen LogP contribution in [0, 0.1) is 0 Å². The summed E-state index contributed by atoms with van der Waals surface area (Å²) in [4.78, 5) is 11.6. The zero-order chi connectivity index (χ0) is 13.6. The number of ether oxygens (including phenoxy) is 1. The topological polar surface area (TPSA) is 58.6 Å². The minimum Gasteiger partial charge on any atom is -0.493 e. The third kappa shape index (κ3) is 5.51. The first-order valence-corrected chi connectivity index (χ1v) is 6.52. The summed E-state index contributed by atoms with van der Waals surface area (Å²) in [5.41, 5.74) is -0.590. The van der Waals surface area contributed by atoms with Gasteiger partial charge in [0.25, 0.3) is 0 Å². The lowest BCUT2D eigenvalue weighted by Crippen LogP contribution is -2.46. The molecule has 0 spiro atoms. The number of benzene rings is 1. The van der Waals surface area contributed by atoms with E-state index in [9.17, 15) is 4.79 Å². The molecule has 5 heteroatoms. The van der Waals surface area contributed by atoms with Crippen LogP contribution in [0.3, 0.4) is 0 Å². The Morgan fingerprint density at radius 2 is 2.22 bits per heavy atom. The molecule has 0 aliphatic heterocycles. The minimum absolute atomic E-state index is 0.0920. The Morgan fingerprint density at radius 1 is 1.50 bits per heavy atom. The number of carbonyl (C=O) groups is 1. The highest BCUT2D eigenvalue weighted by atomic mass is 79.9. The van der Waals surface area contributed by atoms with Crippen molar-refractivity contribution in [3.8, 4) is 5.75 Å². The third-order valence-corrected chi connectivity index (χ3v) is 2.76. The van der Waals surface area contributed by atoms with Gasteiger partial charge in [-0.25, -0.2) is 0 Å². The first-order chi connectivity index (χ1) is 8.43. The van der Waals surface area contributed by atoms with Crippen molar-refractivity contribution >= 4 is 21.8 Å². The lowest BCUT2D eigenvalue weighted by atomic mass is 10.1. The molecule has 0 aromatic heterocycles. The molecule has 1 aromatic rings. The van der Waals surface area contributed by atoms with E-state index in [1.807, 2.05) is 24.3 Å². The van der Waals surface area contributed by atoms with Gasteiger partial charge in [-0.1, -0.05) is 22.0 Å². The van der Waals surface area contributed by atoms with E-state index in [-0.39, 0.29) is 18.9 Å². The Labute approximate surface area is 115 Å². The predicted molar refractivity (Wildman–Crippen MR) is 73.6 cm³/mol. The van der Waals surface area contributed by atoms with Gasteiger partial charge < -0.3 is 15.2 Å². The highest BCUT2D eigenvalue weighted by Crippen LogP contribution is 2.17. The lowest BCUT2D eigenvalue weighted by Gasteiger charge is -2.23. The van der Waals surface area contributed by atoms with Crippen LogP contribution in [0.2, 0.25) is 0 Å². The fourth-order valence-electron chi connectivity index (χ4n) is 1.30. The van der Waals surface area contributed by atoms with Crippen LogP contribution in [0.15, 0.2) is 28.7 Å². The summed E-state index contributed by atoms with van der Waals surface area (Å²) in [6.07, 6.45) is 0.260. The molecule has 0 saturated carbocycles. The molecule has 4 nitrogen and oxygen atoms in total. The van der Waals surface area contributed by atoms with Crippen molar-refractivity contribution in [1.82, 2.24) is 5.32 Å². The Kier molecular flexibility index (Phi) is 5.62. The molecule has 0 radical (unpaired) electrons. The van der Waals surface area contributed by atoms with Crippen LogP contribution in [0.1, 0.15) is 20.3 Å². The fourth-order valence-corrected chi connectivity index (χ4v) is 1.68. The van der Waals surface area contributed by atoms with Crippen LogP contribution >= 0.6 is 15.9 Å². The second-order valence-electron chi connectivity index (χ2n) is 4.65. The van der Waals surface area contributed by atoms with Gasteiger partial charge in [0.15, 0.2) is 0 Å². The van der Waals surface area contributed by atoms with E-state index in [1.165, 1.54) is 0 Å². The predicted octanol–water partition coefficient (Wildman–Crippen LogP) is 2.11. The minimum atomic E-state index is -0.590. The van der Waals surface area contributed by atoms with E-state index in [4.69, 9.17) is 9.84 Å². The molecule has 0 saturated heterocycles. The molecule has 1 aromatic carbocycles. The summed E-state index contributed by atoms with van der Waals surface area (Å²) >= 11 is 3.35. The van der Waals surface area contributed by atoms with Crippen LogP contribution in [0.25, 0.3) is 0 Å². The molecule has 0 fully saturated rings. The summed E-state index contributed by atoms with van der Waals surface area (Å²) in [7, 11) is 0. The van der Waals surface area contributed by atoms with Crippen molar-refractivity contribution in [1.29, 1.82) is 0 Å². The second kappa shape index (κ2) is 6.75. The first kappa shape index (κ1) is 15.0. The molecule has 0 heterocycles. The molecule has 0 unspecified atom stereocenters. The summed E-state index contributed by atoms with van der Waals surface area (Å²) in [5, 5.41) is 11.8. The fraction of sp³-hybridized carbons (Fsp3) is 0.462. The maximum Gasteiger partial charge on any atom is 0.223 e. The van der Waals surface area contributed by atoms with Crippen molar-refractivity contribution in [2.45, 2.75) is 25.8 Å². The Balaban J connectivity index is 2.32. The molecule has 1 amide bonds. The van der Waals surface area contributed by atoms with Gasteiger partial charge in [0.05, 0.1) is 25.2 Å².